The summed E-state index contributed by atoms with van der Waals surface area (Å²) in [7, 11) is 0. The zero-order valence-electron chi connectivity index (χ0n) is 11.2. The van der Waals surface area contributed by atoms with Crippen LogP contribution in [0, 0.1) is 5.92 Å². The molecular formula is C16H24N2. The maximum atomic E-state index is 3.46. The SMILES string of the molecule is c1ccc2c(c1)CCN(CCCC1CCNC1)C2. The fraction of sp³-hybridized carbons (Fsp3) is 0.625. The first-order valence-corrected chi connectivity index (χ1v) is 7.41. The summed E-state index contributed by atoms with van der Waals surface area (Å²) in [5.41, 5.74) is 3.11. The fourth-order valence-corrected chi connectivity index (χ4v) is 3.31. The van der Waals surface area contributed by atoms with Gasteiger partial charge in [0.25, 0.3) is 0 Å². The van der Waals surface area contributed by atoms with E-state index in [9.17, 15) is 0 Å². The Morgan fingerprint density at radius 1 is 1.22 bits per heavy atom. The lowest BCUT2D eigenvalue weighted by Gasteiger charge is -2.28. The molecule has 1 atom stereocenters. The molecule has 0 aliphatic carbocycles. The van der Waals surface area contributed by atoms with Crippen molar-refractivity contribution < 1.29 is 0 Å². The highest BCUT2D eigenvalue weighted by molar-refractivity contribution is 5.28. The minimum absolute atomic E-state index is 0.946. The number of benzene rings is 1. The van der Waals surface area contributed by atoms with Crippen molar-refractivity contribution in [3.8, 4) is 0 Å². The van der Waals surface area contributed by atoms with Crippen LogP contribution in [0.15, 0.2) is 24.3 Å². The number of rotatable bonds is 4. The van der Waals surface area contributed by atoms with Crippen LogP contribution in [-0.2, 0) is 13.0 Å². The van der Waals surface area contributed by atoms with Crippen LogP contribution in [0.2, 0.25) is 0 Å². The van der Waals surface area contributed by atoms with Crippen LogP contribution in [0.4, 0.5) is 0 Å². The minimum atomic E-state index is 0.946. The van der Waals surface area contributed by atoms with Gasteiger partial charge in [0.05, 0.1) is 0 Å². The highest BCUT2D eigenvalue weighted by atomic mass is 15.1. The summed E-state index contributed by atoms with van der Waals surface area (Å²) in [6.45, 7) is 6.19. The maximum absolute atomic E-state index is 3.46. The molecule has 1 aromatic rings. The van der Waals surface area contributed by atoms with Crippen molar-refractivity contribution in [1.82, 2.24) is 10.2 Å². The molecule has 2 heteroatoms. The summed E-state index contributed by atoms with van der Waals surface area (Å²) in [5.74, 6) is 0.946. The Hall–Kier alpha value is -0.860. The molecule has 0 spiro atoms. The summed E-state index contributed by atoms with van der Waals surface area (Å²) < 4.78 is 0. The van der Waals surface area contributed by atoms with E-state index < -0.39 is 0 Å². The van der Waals surface area contributed by atoms with E-state index in [-0.39, 0.29) is 0 Å². The number of fused-ring (bicyclic) bond motifs is 1. The molecule has 3 rings (SSSR count). The molecule has 1 fully saturated rings. The molecule has 0 radical (unpaired) electrons. The average Bonchev–Trinajstić information content (AvgIpc) is 2.92. The van der Waals surface area contributed by atoms with Crippen LogP contribution in [0.3, 0.4) is 0 Å². The monoisotopic (exact) mass is 244 g/mol. The first kappa shape index (κ1) is 12.2. The second kappa shape index (κ2) is 5.85. The Balaban J connectivity index is 1.44. The number of nitrogens with one attached hydrogen (secondary N) is 1. The third-order valence-corrected chi connectivity index (χ3v) is 4.46. The van der Waals surface area contributed by atoms with Crippen molar-refractivity contribution in [2.24, 2.45) is 5.92 Å². The van der Waals surface area contributed by atoms with Crippen molar-refractivity contribution in [3.63, 3.8) is 0 Å². The highest BCUT2D eigenvalue weighted by Crippen LogP contribution is 2.20. The molecule has 1 aromatic carbocycles. The summed E-state index contributed by atoms with van der Waals surface area (Å²) in [6.07, 6.45) is 5.41. The molecular weight excluding hydrogens is 220 g/mol. The lowest BCUT2D eigenvalue weighted by molar-refractivity contribution is 0.243. The molecule has 1 unspecified atom stereocenters. The molecule has 18 heavy (non-hydrogen) atoms. The molecule has 0 saturated carbocycles. The van der Waals surface area contributed by atoms with Gasteiger partial charge in [-0.1, -0.05) is 24.3 Å². The summed E-state index contributed by atoms with van der Waals surface area (Å²) in [5, 5.41) is 3.46. The van der Waals surface area contributed by atoms with Crippen molar-refractivity contribution >= 4 is 0 Å². The fourth-order valence-electron chi connectivity index (χ4n) is 3.31. The predicted octanol–water partition coefficient (Wildman–Crippen LogP) is 2.43. The van der Waals surface area contributed by atoms with Gasteiger partial charge in [-0.3, -0.25) is 4.90 Å². The van der Waals surface area contributed by atoms with Crippen LogP contribution in [0.1, 0.15) is 30.4 Å². The van der Waals surface area contributed by atoms with E-state index in [0.717, 1.165) is 5.92 Å². The van der Waals surface area contributed by atoms with E-state index in [2.05, 4.69) is 34.5 Å². The first-order valence-electron chi connectivity index (χ1n) is 7.41. The van der Waals surface area contributed by atoms with Gasteiger partial charge >= 0.3 is 0 Å². The average molecular weight is 244 g/mol. The number of nitrogens with zero attached hydrogens (tertiary/aromatic N) is 1. The van der Waals surface area contributed by atoms with Crippen molar-refractivity contribution in [2.75, 3.05) is 26.2 Å². The van der Waals surface area contributed by atoms with Gasteiger partial charge in [-0.05, 0) is 62.4 Å². The smallest absolute Gasteiger partial charge is 0.0236 e. The lowest BCUT2D eigenvalue weighted by atomic mass is 9.98. The normalized spacial score (nSPS) is 24.1. The Kier molecular flexibility index (Phi) is 3.96. The first-order chi connectivity index (χ1) is 8.92. The van der Waals surface area contributed by atoms with E-state index in [1.807, 2.05) is 0 Å². The highest BCUT2D eigenvalue weighted by Gasteiger charge is 2.17. The third kappa shape index (κ3) is 2.93. The quantitative estimate of drug-likeness (QED) is 0.875. The zero-order valence-corrected chi connectivity index (χ0v) is 11.2. The largest absolute Gasteiger partial charge is 0.316 e. The Labute approximate surface area is 110 Å². The molecule has 2 heterocycles. The molecule has 98 valence electrons. The van der Waals surface area contributed by atoms with Crippen molar-refractivity contribution in [3.05, 3.63) is 35.4 Å². The second-order valence-corrected chi connectivity index (χ2v) is 5.80. The topological polar surface area (TPSA) is 15.3 Å². The standard InChI is InChI=1S/C16H24N2/c1-2-6-16-13-18(11-8-15(16)5-1)10-3-4-14-7-9-17-12-14/h1-2,5-6,14,17H,3-4,7-13H2. The van der Waals surface area contributed by atoms with Crippen LogP contribution in [0.5, 0.6) is 0 Å². The molecule has 1 saturated heterocycles. The van der Waals surface area contributed by atoms with Gasteiger partial charge < -0.3 is 5.32 Å². The molecule has 0 aromatic heterocycles. The van der Waals surface area contributed by atoms with Gasteiger partial charge in [0.15, 0.2) is 0 Å². The van der Waals surface area contributed by atoms with Gasteiger partial charge in [-0.15, -0.1) is 0 Å². The molecule has 0 bridgehead atoms. The van der Waals surface area contributed by atoms with E-state index >= 15 is 0 Å². The Morgan fingerprint density at radius 2 is 2.11 bits per heavy atom. The summed E-state index contributed by atoms with van der Waals surface area (Å²) in [4.78, 5) is 2.63. The third-order valence-electron chi connectivity index (χ3n) is 4.46. The molecule has 2 nitrogen and oxygen atoms in total. The Bertz CT molecular complexity index is 382. The number of hydrogen-bond donors (Lipinski definition) is 1. The van der Waals surface area contributed by atoms with Crippen molar-refractivity contribution in [2.45, 2.75) is 32.2 Å². The van der Waals surface area contributed by atoms with Gasteiger partial charge in [0.1, 0.15) is 0 Å². The van der Waals surface area contributed by atoms with Gasteiger partial charge in [0.2, 0.25) is 0 Å². The van der Waals surface area contributed by atoms with Gasteiger partial charge in [-0.25, -0.2) is 0 Å². The van der Waals surface area contributed by atoms with Crippen LogP contribution in [0.25, 0.3) is 0 Å². The summed E-state index contributed by atoms with van der Waals surface area (Å²) in [6, 6.07) is 8.92. The predicted molar refractivity (Wildman–Crippen MR) is 75.6 cm³/mol. The van der Waals surface area contributed by atoms with E-state index in [1.54, 1.807) is 11.1 Å². The molecule has 1 N–H and O–H groups in total. The Morgan fingerprint density at radius 3 is 2.94 bits per heavy atom. The minimum Gasteiger partial charge on any atom is -0.316 e. The molecule has 0 amide bonds. The van der Waals surface area contributed by atoms with Crippen LogP contribution < -0.4 is 5.32 Å². The molecule has 2 aliphatic rings. The maximum Gasteiger partial charge on any atom is 0.0236 e. The van der Waals surface area contributed by atoms with Gasteiger partial charge in [-0.2, -0.15) is 0 Å². The van der Waals surface area contributed by atoms with Gasteiger partial charge in [0, 0.05) is 13.1 Å². The van der Waals surface area contributed by atoms with Crippen molar-refractivity contribution in [1.29, 1.82) is 0 Å². The lowest BCUT2D eigenvalue weighted by Crippen LogP contribution is -2.31. The van der Waals surface area contributed by atoms with E-state index in [0.29, 0.717) is 0 Å². The zero-order chi connectivity index (χ0) is 12.2. The van der Waals surface area contributed by atoms with E-state index in [4.69, 9.17) is 0 Å². The van der Waals surface area contributed by atoms with E-state index in [1.165, 1.54) is 58.4 Å². The van der Waals surface area contributed by atoms with Crippen LogP contribution in [-0.4, -0.2) is 31.1 Å². The van der Waals surface area contributed by atoms with Crippen LogP contribution >= 0.6 is 0 Å². The second-order valence-electron chi connectivity index (χ2n) is 5.80. The summed E-state index contributed by atoms with van der Waals surface area (Å²) >= 11 is 0. The number of hydrogen-bond acceptors (Lipinski definition) is 2. The molecule has 2 aliphatic heterocycles.